The monoisotopic (exact) mass is 360 g/mol. The third-order valence-electron chi connectivity index (χ3n) is 4.16. The van der Waals surface area contributed by atoms with Gasteiger partial charge in [-0.2, -0.15) is 0 Å². The third kappa shape index (κ3) is 11.2. The van der Waals surface area contributed by atoms with Crippen LogP contribution in [0, 0.1) is 0 Å². The first-order valence-electron chi connectivity index (χ1n) is 10.5. The van der Waals surface area contributed by atoms with Crippen LogP contribution in [0.1, 0.15) is 107 Å². The molecule has 0 aliphatic rings. The molecule has 0 aliphatic heterocycles. The van der Waals surface area contributed by atoms with E-state index >= 15 is 0 Å². The molecule has 0 aromatic heterocycles. The lowest BCUT2D eigenvalue weighted by Gasteiger charge is -2.39. The second-order valence-corrected chi connectivity index (χ2v) is 7.37. The lowest BCUT2D eigenvalue weighted by molar-refractivity contribution is -0.530. The van der Waals surface area contributed by atoms with E-state index in [1.54, 1.807) is 0 Å². The van der Waals surface area contributed by atoms with Crippen LogP contribution in [-0.2, 0) is 18.9 Å². The lowest BCUT2D eigenvalue weighted by Crippen LogP contribution is -2.50. The standard InChI is InChI=1S/C21H44O4/c1-9-13-17(5)22-21(23-18(6)14-10-2,24-19(7)15-11-3)25-20(8)16-12-4/h17-20H,9-16H2,1-8H3. The SMILES string of the molecule is CCCC(C)OC(OC(C)CCC)(OC(C)CCC)OC(C)CCC. The van der Waals surface area contributed by atoms with Crippen LogP contribution in [0.15, 0.2) is 0 Å². The van der Waals surface area contributed by atoms with Crippen molar-refractivity contribution >= 4 is 0 Å². The van der Waals surface area contributed by atoms with Crippen LogP contribution >= 0.6 is 0 Å². The molecule has 25 heavy (non-hydrogen) atoms. The first kappa shape index (κ1) is 24.8. The molecule has 0 radical (unpaired) electrons. The van der Waals surface area contributed by atoms with Gasteiger partial charge >= 0.3 is 6.16 Å². The summed E-state index contributed by atoms with van der Waals surface area (Å²) in [6.07, 6.45) is 6.66. The Morgan fingerprint density at radius 1 is 0.480 bits per heavy atom. The van der Waals surface area contributed by atoms with Crippen LogP contribution in [0.2, 0.25) is 0 Å². The van der Waals surface area contributed by atoms with Crippen LogP contribution in [0.5, 0.6) is 0 Å². The van der Waals surface area contributed by atoms with E-state index in [0.717, 1.165) is 51.4 Å². The van der Waals surface area contributed by atoms with Crippen molar-refractivity contribution in [1.82, 2.24) is 0 Å². The van der Waals surface area contributed by atoms with Crippen molar-refractivity contribution in [3.8, 4) is 0 Å². The zero-order valence-electron chi connectivity index (χ0n) is 18.1. The summed E-state index contributed by atoms with van der Waals surface area (Å²) in [6.45, 7) is 16.9. The van der Waals surface area contributed by atoms with Gasteiger partial charge in [-0.1, -0.05) is 53.4 Å². The minimum atomic E-state index is -1.41. The highest BCUT2D eigenvalue weighted by atomic mass is 17.0. The van der Waals surface area contributed by atoms with Crippen LogP contribution < -0.4 is 0 Å². The molecular formula is C21H44O4. The van der Waals surface area contributed by atoms with Gasteiger partial charge in [-0.15, -0.1) is 0 Å². The molecular weight excluding hydrogens is 316 g/mol. The Hall–Kier alpha value is -0.160. The van der Waals surface area contributed by atoms with Crippen LogP contribution in [0.25, 0.3) is 0 Å². The second kappa shape index (κ2) is 14.0. The molecule has 0 amide bonds. The van der Waals surface area contributed by atoms with Gasteiger partial charge in [0.25, 0.3) is 0 Å². The smallest absolute Gasteiger partial charge is 0.300 e. The maximum absolute atomic E-state index is 6.26. The summed E-state index contributed by atoms with van der Waals surface area (Å²) in [5, 5.41) is 0. The predicted molar refractivity (Wildman–Crippen MR) is 105 cm³/mol. The molecule has 0 bridgehead atoms. The Balaban J connectivity index is 5.39. The number of hydrogen-bond acceptors (Lipinski definition) is 4. The van der Waals surface area contributed by atoms with Crippen molar-refractivity contribution in [2.75, 3.05) is 0 Å². The van der Waals surface area contributed by atoms with Crippen molar-refractivity contribution in [2.24, 2.45) is 0 Å². The van der Waals surface area contributed by atoms with Gasteiger partial charge < -0.3 is 18.9 Å². The summed E-state index contributed by atoms with van der Waals surface area (Å²) < 4.78 is 25.1. The van der Waals surface area contributed by atoms with Gasteiger partial charge in [0, 0.05) is 0 Å². The van der Waals surface area contributed by atoms with Crippen LogP contribution in [0.4, 0.5) is 0 Å². The molecule has 4 heteroatoms. The maximum atomic E-state index is 6.26. The summed E-state index contributed by atoms with van der Waals surface area (Å²) in [7, 11) is 0. The van der Waals surface area contributed by atoms with Gasteiger partial charge in [0.1, 0.15) is 0 Å². The molecule has 4 atom stereocenters. The first-order valence-corrected chi connectivity index (χ1v) is 10.5. The summed E-state index contributed by atoms with van der Waals surface area (Å²) in [5.41, 5.74) is 0. The molecule has 0 N–H and O–H groups in total. The molecule has 0 aromatic rings. The summed E-state index contributed by atoms with van der Waals surface area (Å²) in [5.74, 6) is 0. The molecule has 0 aliphatic carbocycles. The Kier molecular flexibility index (Phi) is 13.9. The van der Waals surface area contributed by atoms with Crippen molar-refractivity contribution < 1.29 is 18.9 Å². The van der Waals surface area contributed by atoms with Crippen molar-refractivity contribution in [3.05, 3.63) is 0 Å². The molecule has 0 spiro atoms. The fourth-order valence-corrected chi connectivity index (χ4v) is 3.01. The molecule has 4 unspecified atom stereocenters. The Morgan fingerprint density at radius 2 is 0.680 bits per heavy atom. The normalized spacial score (nSPS) is 19.2. The van der Waals surface area contributed by atoms with E-state index in [0.29, 0.717) is 0 Å². The van der Waals surface area contributed by atoms with E-state index in [-0.39, 0.29) is 24.4 Å². The minimum Gasteiger partial charge on any atom is -0.300 e. The minimum absolute atomic E-state index is 0.0153. The summed E-state index contributed by atoms with van der Waals surface area (Å²) >= 11 is 0. The molecule has 0 saturated carbocycles. The average molecular weight is 361 g/mol. The molecule has 0 fully saturated rings. The Labute approximate surface area is 156 Å². The number of ether oxygens (including phenoxy) is 4. The van der Waals surface area contributed by atoms with Gasteiger partial charge in [0.2, 0.25) is 0 Å². The zero-order chi connectivity index (χ0) is 19.3. The van der Waals surface area contributed by atoms with E-state index in [4.69, 9.17) is 18.9 Å². The zero-order valence-corrected chi connectivity index (χ0v) is 18.1. The van der Waals surface area contributed by atoms with E-state index in [1.165, 1.54) is 0 Å². The van der Waals surface area contributed by atoms with Crippen LogP contribution in [0.3, 0.4) is 0 Å². The fourth-order valence-electron chi connectivity index (χ4n) is 3.01. The number of hydrogen-bond donors (Lipinski definition) is 0. The van der Waals surface area contributed by atoms with Gasteiger partial charge in [-0.25, -0.2) is 0 Å². The molecule has 152 valence electrons. The van der Waals surface area contributed by atoms with E-state index in [1.807, 2.05) is 0 Å². The summed E-state index contributed by atoms with van der Waals surface area (Å²) in [6, 6.07) is 0. The van der Waals surface area contributed by atoms with E-state index in [2.05, 4.69) is 55.4 Å². The molecule has 4 nitrogen and oxygen atoms in total. The number of rotatable bonds is 16. The van der Waals surface area contributed by atoms with Gasteiger partial charge in [-0.3, -0.25) is 0 Å². The second-order valence-electron chi connectivity index (χ2n) is 7.37. The maximum Gasteiger partial charge on any atom is 0.413 e. The van der Waals surface area contributed by atoms with Crippen molar-refractivity contribution in [2.45, 2.75) is 137 Å². The van der Waals surface area contributed by atoms with E-state index in [9.17, 15) is 0 Å². The van der Waals surface area contributed by atoms with Gasteiger partial charge in [-0.05, 0) is 53.4 Å². The Morgan fingerprint density at radius 3 is 0.840 bits per heavy atom. The molecule has 0 rings (SSSR count). The highest BCUT2D eigenvalue weighted by Crippen LogP contribution is 2.29. The third-order valence-corrected chi connectivity index (χ3v) is 4.16. The molecule has 0 aromatic carbocycles. The first-order chi connectivity index (χ1) is 11.8. The highest BCUT2D eigenvalue weighted by molar-refractivity contribution is 4.62. The van der Waals surface area contributed by atoms with Crippen molar-refractivity contribution in [1.29, 1.82) is 0 Å². The topological polar surface area (TPSA) is 36.9 Å². The van der Waals surface area contributed by atoms with E-state index < -0.39 is 6.16 Å². The highest BCUT2D eigenvalue weighted by Gasteiger charge is 2.42. The quantitative estimate of drug-likeness (QED) is 0.298. The Bertz CT molecular complexity index is 247. The van der Waals surface area contributed by atoms with Crippen LogP contribution in [-0.4, -0.2) is 30.6 Å². The molecule has 0 heterocycles. The van der Waals surface area contributed by atoms with Gasteiger partial charge in [0.05, 0.1) is 24.4 Å². The van der Waals surface area contributed by atoms with Crippen molar-refractivity contribution in [3.63, 3.8) is 0 Å². The predicted octanol–water partition coefficient (Wildman–Crippen LogP) is 6.42. The summed E-state index contributed by atoms with van der Waals surface area (Å²) in [4.78, 5) is 0. The molecule has 0 saturated heterocycles. The fraction of sp³-hybridized carbons (Fsp3) is 1.00. The average Bonchev–Trinajstić information content (AvgIpc) is 2.47. The lowest BCUT2D eigenvalue weighted by atomic mass is 10.2. The largest absolute Gasteiger partial charge is 0.413 e. The van der Waals surface area contributed by atoms with Gasteiger partial charge in [0.15, 0.2) is 0 Å².